The number of halogens is 1. The molecule has 0 aliphatic carbocycles. The number of imidazole rings is 1. The van der Waals surface area contributed by atoms with E-state index in [2.05, 4.69) is 4.98 Å². The lowest BCUT2D eigenvalue weighted by molar-refractivity contribution is -0.139. The summed E-state index contributed by atoms with van der Waals surface area (Å²) in [6.07, 6.45) is 0.425. The van der Waals surface area contributed by atoms with Gasteiger partial charge in [0.1, 0.15) is 17.3 Å². The second kappa shape index (κ2) is 4.16. The van der Waals surface area contributed by atoms with Crippen molar-refractivity contribution in [3.8, 4) is 0 Å². The molecule has 90 valence electrons. The summed E-state index contributed by atoms with van der Waals surface area (Å²) in [7, 11) is 1.70. The molecular formula is C12H13FN2O2. The molecule has 0 saturated heterocycles. The van der Waals surface area contributed by atoms with Gasteiger partial charge in [-0.15, -0.1) is 0 Å². The average molecular weight is 236 g/mol. The molecule has 1 unspecified atom stereocenters. The number of carboxylic acids is 1. The third-order valence-electron chi connectivity index (χ3n) is 2.91. The summed E-state index contributed by atoms with van der Waals surface area (Å²) in [6, 6.07) is 4.63. The van der Waals surface area contributed by atoms with E-state index in [1.165, 1.54) is 6.07 Å². The number of carbonyl (C=O) groups is 1. The number of hydrogen-bond donors (Lipinski definition) is 1. The molecule has 5 heteroatoms. The minimum Gasteiger partial charge on any atom is -0.481 e. The van der Waals surface area contributed by atoms with Crippen LogP contribution in [0.3, 0.4) is 0 Å². The highest BCUT2D eigenvalue weighted by Gasteiger charge is 2.24. The molecule has 0 saturated carbocycles. The van der Waals surface area contributed by atoms with Gasteiger partial charge in [0.2, 0.25) is 0 Å². The zero-order valence-corrected chi connectivity index (χ0v) is 9.64. The van der Waals surface area contributed by atoms with Crippen LogP contribution >= 0.6 is 0 Å². The molecule has 2 rings (SSSR count). The normalized spacial score (nSPS) is 12.9. The van der Waals surface area contributed by atoms with Crippen LogP contribution < -0.4 is 0 Å². The molecule has 0 spiro atoms. The van der Waals surface area contributed by atoms with E-state index < -0.39 is 17.7 Å². The number of aryl methyl sites for hydroxylation is 1. The molecule has 0 aliphatic heterocycles. The molecule has 4 nitrogen and oxygen atoms in total. The summed E-state index contributed by atoms with van der Waals surface area (Å²) in [5, 5.41) is 9.10. The van der Waals surface area contributed by atoms with Crippen molar-refractivity contribution in [3.63, 3.8) is 0 Å². The first kappa shape index (κ1) is 11.6. The van der Waals surface area contributed by atoms with E-state index in [0.29, 0.717) is 17.8 Å². The highest BCUT2D eigenvalue weighted by atomic mass is 19.1. The summed E-state index contributed by atoms with van der Waals surface area (Å²) < 4.78 is 15.2. The van der Waals surface area contributed by atoms with Gasteiger partial charge in [-0.2, -0.15) is 0 Å². The van der Waals surface area contributed by atoms with Crippen molar-refractivity contribution in [1.29, 1.82) is 0 Å². The number of carboxylic acid groups (broad SMARTS) is 1. The fourth-order valence-corrected chi connectivity index (χ4v) is 1.98. The van der Waals surface area contributed by atoms with Gasteiger partial charge in [-0.05, 0) is 18.6 Å². The van der Waals surface area contributed by atoms with Crippen molar-refractivity contribution in [2.24, 2.45) is 7.05 Å². The number of para-hydroxylation sites is 1. The molecule has 0 radical (unpaired) electrons. The third-order valence-corrected chi connectivity index (χ3v) is 2.91. The van der Waals surface area contributed by atoms with Crippen molar-refractivity contribution in [2.45, 2.75) is 19.3 Å². The summed E-state index contributed by atoms with van der Waals surface area (Å²) in [4.78, 5) is 15.2. The Hall–Kier alpha value is -1.91. The van der Waals surface area contributed by atoms with Gasteiger partial charge in [-0.25, -0.2) is 9.37 Å². The van der Waals surface area contributed by atoms with Crippen molar-refractivity contribution in [2.75, 3.05) is 0 Å². The van der Waals surface area contributed by atoms with Gasteiger partial charge in [0.25, 0.3) is 0 Å². The van der Waals surface area contributed by atoms with Crippen molar-refractivity contribution >= 4 is 17.0 Å². The van der Waals surface area contributed by atoms with Crippen LogP contribution in [0.25, 0.3) is 11.0 Å². The second-order valence-electron chi connectivity index (χ2n) is 3.94. The van der Waals surface area contributed by atoms with E-state index >= 15 is 0 Å². The van der Waals surface area contributed by atoms with Crippen LogP contribution in [-0.4, -0.2) is 20.6 Å². The quantitative estimate of drug-likeness (QED) is 0.889. The van der Waals surface area contributed by atoms with Crippen LogP contribution in [0.2, 0.25) is 0 Å². The molecule has 0 amide bonds. The molecule has 2 aromatic rings. The highest BCUT2D eigenvalue weighted by molar-refractivity contribution is 5.80. The van der Waals surface area contributed by atoms with Gasteiger partial charge < -0.3 is 9.67 Å². The molecule has 0 fully saturated rings. The maximum Gasteiger partial charge on any atom is 0.314 e. The van der Waals surface area contributed by atoms with E-state index in [1.807, 2.05) is 0 Å². The Bertz CT molecular complexity index is 577. The number of aromatic nitrogens is 2. The third kappa shape index (κ3) is 1.77. The van der Waals surface area contributed by atoms with Gasteiger partial charge in [-0.3, -0.25) is 4.79 Å². The first-order valence-electron chi connectivity index (χ1n) is 5.40. The van der Waals surface area contributed by atoms with Crippen molar-refractivity contribution in [3.05, 3.63) is 29.8 Å². The SMILES string of the molecule is CCC(C(=O)O)c1nc2c(F)cccc2n1C. The smallest absolute Gasteiger partial charge is 0.314 e. The van der Waals surface area contributed by atoms with Gasteiger partial charge in [0, 0.05) is 7.05 Å². The van der Waals surface area contributed by atoms with Crippen LogP contribution in [0.1, 0.15) is 25.1 Å². The fraction of sp³-hybridized carbons (Fsp3) is 0.333. The van der Waals surface area contributed by atoms with E-state index in [9.17, 15) is 9.18 Å². The molecule has 0 aliphatic rings. The molecule has 1 aromatic carbocycles. The summed E-state index contributed by atoms with van der Waals surface area (Å²) >= 11 is 0. The Morgan fingerprint density at radius 2 is 2.29 bits per heavy atom. The number of hydrogen-bond acceptors (Lipinski definition) is 2. The summed E-state index contributed by atoms with van der Waals surface area (Å²) in [6.45, 7) is 1.77. The van der Waals surface area contributed by atoms with Crippen molar-refractivity contribution in [1.82, 2.24) is 9.55 Å². The van der Waals surface area contributed by atoms with Gasteiger partial charge in [0.15, 0.2) is 5.82 Å². The van der Waals surface area contributed by atoms with Crippen LogP contribution in [0.4, 0.5) is 4.39 Å². The minimum absolute atomic E-state index is 0.227. The van der Waals surface area contributed by atoms with E-state index in [0.717, 1.165) is 0 Å². The number of fused-ring (bicyclic) bond motifs is 1. The Morgan fingerprint density at radius 3 is 2.82 bits per heavy atom. The molecule has 1 atom stereocenters. The predicted octanol–water partition coefficient (Wildman–Crippen LogP) is 2.29. The average Bonchev–Trinajstić information content (AvgIpc) is 2.60. The van der Waals surface area contributed by atoms with Crippen molar-refractivity contribution < 1.29 is 14.3 Å². The van der Waals surface area contributed by atoms with Gasteiger partial charge in [-0.1, -0.05) is 13.0 Å². The topological polar surface area (TPSA) is 55.1 Å². The fourth-order valence-electron chi connectivity index (χ4n) is 1.98. The largest absolute Gasteiger partial charge is 0.481 e. The van der Waals surface area contributed by atoms with E-state index in [4.69, 9.17) is 5.11 Å². The van der Waals surface area contributed by atoms with E-state index in [1.54, 1.807) is 30.7 Å². The number of benzene rings is 1. The Labute approximate surface area is 97.7 Å². The van der Waals surface area contributed by atoms with Crippen LogP contribution in [0.5, 0.6) is 0 Å². The van der Waals surface area contributed by atoms with E-state index in [-0.39, 0.29) is 5.52 Å². The number of rotatable bonds is 3. The summed E-state index contributed by atoms with van der Waals surface area (Å²) in [5.74, 6) is -1.68. The lowest BCUT2D eigenvalue weighted by atomic mass is 10.1. The maximum absolute atomic E-state index is 13.5. The van der Waals surface area contributed by atoms with Gasteiger partial charge >= 0.3 is 5.97 Å². The lowest BCUT2D eigenvalue weighted by Gasteiger charge is -2.09. The second-order valence-corrected chi connectivity index (χ2v) is 3.94. The summed E-state index contributed by atoms with van der Waals surface area (Å²) in [5.41, 5.74) is 0.837. The predicted molar refractivity (Wildman–Crippen MR) is 61.3 cm³/mol. The highest BCUT2D eigenvalue weighted by Crippen LogP contribution is 2.24. The van der Waals surface area contributed by atoms with Crippen LogP contribution in [-0.2, 0) is 11.8 Å². The first-order valence-corrected chi connectivity index (χ1v) is 5.40. The molecule has 1 heterocycles. The number of aliphatic carboxylic acids is 1. The Morgan fingerprint density at radius 1 is 1.59 bits per heavy atom. The molecule has 1 aromatic heterocycles. The molecule has 1 N–H and O–H groups in total. The van der Waals surface area contributed by atoms with Gasteiger partial charge in [0.05, 0.1) is 5.52 Å². The number of nitrogens with zero attached hydrogens (tertiary/aromatic N) is 2. The van der Waals surface area contributed by atoms with Crippen LogP contribution in [0.15, 0.2) is 18.2 Å². The maximum atomic E-state index is 13.5. The lowest BCUT2D eigenvalue weighted by Crippen LogP contribution is -2.15. The zero-order chi connectivity index (χ0) is 12.6. The monoisotopic (exact) mass is 236 g/mol. The first-order chi connectivity index (χ1) is 8.06. The Kier molecular flexibility index (Phi) is 2.83. The minimum atomic E-state index is -0.939. The standard InChI is InChI=1S/C12H13FN2O2/c1-3-7(12(16)17)11-14-10-8(13)5-4-6-9(10)15(11)2/h4-7H,3H2,1-2H3,(H,16,17). The molecule has 17 heavy (non-hydrogen) atoms. The zero-order valence-electron chi connectivity index (χ0n) is 9.64. The molecule has 0 bridgehead atoms. The van der Waals surface area contributed by atoms with Crippen LogP contribution in [0, 0.1) is 5.82 Å². The Balaban J connectivity index is 2.67. The molecular weight excluding hydrogens is 223 g/mol.